The van der Waals surface area contributed by atoms with Crippen molar-refractivity contribution in [2.45, 2.75) is 6.92 Å². The van der Waals surface area contributed by atoms with Crippen LogP contribution in [0.4, 0.5) is 0 Å². The molecule has 0 unspecified atom stereocenters. The first-order valence-corrected chi connectivity index (χ1v) is 4.87. The number of fused-ring (bicyclic) bond motifs is 3. The fourth-order valence-electron chi connectivity index (χ4n) is 2.01. The Morgan fingerprint density at radius 3 is 2.87 bits per heavy atom. The highest BCUT2D eigenvalue weighted by Crippen LogP contribution is 2.26. The molecular weight excluding hydrogens is 186 g/mol. The van der Waals surface area contributed by atoms with Crippen LogP contribution in [0.15, 0.2) is 36.7 Å². The predicted molar refractivity (Wildman–Crippen MR) is 62.1 cm³/mol. The van der Waals surface area contributed by atoms with Crippen LogP contribution in [0.3, 0.4) is 0 Å². The summed E-state index contributed by atoms with van der Waals surface area (Å²) in [5.41, 5.74) is 3.26. The summed E-state index contributed by atoms with van der Waals surface area (Å²) in [6.45, 7) is 2.08. The molecule has 3 aromatic rings. The highest BCUT2D eigenvalue weighted by molar-refractivity contribution is 6.07. The topological polar surface area (TPSA) is 43.8 Å². The Labute approximate surface area is 87.1 Å². The van der Waals surface area contributed by atoms with Crippen LogP contribution in [0, 0.1) is 6.92 Å². The zero-order valence-electron chi connectivity index (χ0n) is 8.44. The zero-order valence-corrected chi connectivity index (χ0v) is 8.44. The van der Waals surface area contributed by atoms with Gasteiger partial charge >= 0.3 is 0 Å². The maximum absolute atomic E-state index is 6.00. The zero-order chi connectivity index (χ0) is 10.4. The Bertz CT molecular complexity index is 652. The molecule has 3 nitrogen and oxygen atoms in total. The largest absolute Gasteiger partial charge is 0.339 e. The summed E-state index contributed by atoms with van der Waals surface area (Å²) in [5.74, 6) is 6.00. The van der Waals surface area contributed by atoms with E-state index in [9.17, 15) is 0 Å². The van der Waals surface area contributed by atoms with E-state index in [0.29, 0.717) is 0 Å². The van der Waals surface area contributed by atoms with Gasteiger partial charge in [-0.1, -0.05) is 11.6 Å². The van der Waals surface area contributed by atoms with Crippen molar-refractivity contribution >= 4 is 21.8 Å². The lowest BCUT2D eigenvalue weighted by molar-refractivity contribution is 1.11. The first kappa shape index (κ1) is 8.29. The maximum Gasteiger partial charge on any atom is 0.0886 e. The Morgan fingerprint density at radius 2 is 2.00 bits per heavy atom. The van der Waals surface area contributed by atoms with Crippen LogP contribution in [0.1, 0.15) is 5.56 Å². The third-order valence-electron chi connectivity index (χ3n) is 2.76. The molecule has 0 saturated heterocycles. The molecule has 1 aromatic carbocycles. The third-order valence-corrected chi connectivity index (χ3v) is 2.76. The average Bonchev–Trinajstić information content (AvgIpc) is 2.54. The van der Waals surface area contributed by atoms with Crippen molar-refractivity contribution in [1.29, 1.82) is 0 Å². The van der Waals surface area contributed by atoms with E-state index in [-0.39, 0.29) is 0 Å². The lowest BCUT2D eigenvalue weighted by atomic mass is 10.1. The molecule has 3 rings (SSSR count). The monoisotopic (exact) mass is 197 g/mol. The molecule has 15 heavy (non-hydrogen) atoms. The van der Waals surface area contributed by atoms with Gasteiger partial charge in [0.1, 0.15) is 0 Å². The van der Waals surface area contributed by atoms with E-state index in [4.69, 9.17) is 5.84 Å². The van der Waals surface area contributed by atoms with Crippen LogP contribution < -0.4 is 5.84 Å². The van der Waals surface area contributed by atoms with E-state index in [0.717, 1.165) is 16.4 Å². The van der Waals surface area contributed by atoms with Crippen molar-refractivity contribution in [3.63, 3.8) is 0 Å². The molecule has 0 aliphatic carbocycles. The summed E-state index contributed by atoms with van der Waals surface area (Å²) in [6, 6.07) is 8.27. The first-order chi connectivity index (χ1) is 7.27. The Balaban J connectivity index is 2.64. The van der Waals surface area contributed by atoms with Crippen LogP contribution in [-0.2, 0) is 0 Å². The molecule has 0 spiro atoms. The number of hydrogen-bond acceptors (Lipinski definition) is 2. The first-order valence-electron chi connectivity index (χ1n) is 4.87. The quantitative estimate of drug-likeness (QED) is 0.561. The van der Waals surface area contributed by atoms with Crippen LogP contribution in [0.2, 0.25) is 0 Å². The minimum atomic E-state index is 0.970. The van der Waals surface area contributed by atoms with Gasteiger partial charge in [0.15, 0.2) is 0 Å². The molecule has 0 bridgehead atoms. The maximum atomic E-state index is 6.00. The van der Waals surface area contributed by atoms with E-state index in [1.165, 1.54) is 10.9 Å². The highest BCUT2D eigenvalue weighted by atomic mass is 15.3. The van der Waals surface area contributed by atoms with E-state index < -0.39 is 0 Å². The molecule has 0 atom stereocenters. The molecule has 3 heteroatoms. The molecule has 0 radical (unpaired) electrons. The number of nitrogens with zero attached hydrogens (tertiary/aromatic N) is 2. The number of rotatable bonds is 0. The van der Waals surface area contributed by atoms with Crippen LogP contribution in [0.25, 0.3) is 21.8 Å². The summed E-state index contributed by atoms with van der Waals surface area (Å²) in [6.07, 6.45) is 3.59. The number of hydrogen-bond donors (Lipinski definition) is 1. The van der Waals surface area contributed by atoms with Crippen molar-refractivity contribution in [2.75, 3.05) is 5.84 Å². The molecule has 2 heterocycles. The minimum Gasteiger partial charge on any atom is -0.339 e. The smallest absolute Gasteiger partial charge is 0.0886 e. The molecule has 0 aliphatic heterocycles. The van der Waals surface area contributed by atoms with Gasteiger partial charge in [0, 0.05) is 17.0 Å². The van der Waals surface area contributed by atoms with E-state index in [1.807, 2.05) is 12.1 Å². The lowest BCUT2D eigenvalue weighted by Gasteiger charge is -1.97. The van der Waals surface area contributed by atoms with Gasteiger partial charge in [-0.2, -0.15) is 0 Å². The van der Waals surface area contributed by atoms with Crippen molar-refractivity contribution in [3.8, 4) is 0 Å². The Hall–Kier alpha value is -2.03. The molecule has 2 aromatic heterocycles. The van der Waals surface area contributed by atoms with Crippen LogP contribution >= 0.6 is 0 Å². The molecule has 0 aliphatic rings. The summed E-state index contributed by atoms with van der Waals surface area (Å²) in [5, 5.41) is 2.35. The highest BCUT2D eigenvalue weighted by Gasteiger charge is 2.07. The van der Waals surface area contributed by atoms with Gasteiger partial charge in [0.2, 0.25) is 0 Å². The van der Waals surface area contributed by atoms with Gasteiger partial charge in [0.25, 0.3) is 0 Å². The summed E-state index contributed by atoms with van der Waals surface area (Å²) in [7, 11) is 0. The van der Waals surface area contributed by atoms with Gasteiger partial charge in [-0.05, 0) is 25.1 Å². The van der Waals surface area contributed by atoms with Gasteiger partial charge in [0.05, 0.1) is 17.2 Å². The van der Waals surface area contributed by atoms with Crippen molar-refractivity contribution in [1.82, 2.24) is 9.66 Å². The molecule has 0 amide bonds. The van der Waals surface area contributed by atoms with E-state index in [1.54, 1.807) is 17.1 Å². The predicted octanol–water partition coefficient (Wildman–Crippen LogP) is 2.21. The SMILES string of the molecule is Cc1ccc2c(c1)c1ccncc1n2N. The number of aromatic nitrogens is 2. The van der Waals surface area contributed by atoms with Crippen molar-refractivity contribution in [3.05, 3.63) is 42.2 Å². The van der Waals surface area contributed by atoms with Gasteiger partial charge < -0.3 is 5.84 Å². The number of aryl methyl sites for hydroxylation is 1. The summed E-state index contributed by atoms with van der Waals surface area (Å²) >= 11 is 0. The fourth-order valence-corrected chi connectivity index (χ4v) is 2.01. The normalized spacial score (nSPS) is 11.3. The summed E-state index contributed by atoms with van der Waals surface area (Å²) in [4.78, 5) is 4.09. The lowest BCUT2D eigenvalue weighted by Crippen LogP contribution is -2.06. The second-order valence-corrected chi connectivity index (χ2v) is 3.78. The third kappa shape index (κ3) is 1.03. The van der Waals surface area contributed by atoms with Crippen LogP contribution in [0.5, 0.6) is 0 Å². The van der Waals surface area contributed by atoms with Crippen molar-refractivity contribution < 1.29 is 0 Å². The number of nitrogens with two attached hydrogens (primary N) is 1. The van der Waals surface area contributed by atoms with Gasteiger partial charge in [-0.15, -0.1) is 0 Å². The molecule has 2 N–H and O–H groups in total. The second-order valence-electron chi connectivity index (χ2n) is 3.78. The van der Waals surface area contributed by atoms with Crippen LogP contribution in [-0.4, -0.2) is 9.66 Å². The summed E-state index contributed by atoms with van der Waals surface area (Å²) < 4.78 is 1.69. The number of benzene rings is 1. The van der Waals surface area contributed by atoms with Gasteiger partial charge in [-0.25, -0.2) is 0 Å². The molecular formula is C12H11N3. The Kier molecular flexibility index (Phi) is 1.51. The number of pyridine rings is 1. The van der Waals surface area contributed by atoms with E-state index in [2.05, 4.69) is 24.0 Å². The molecule has 0 fully saturated rings. The Morgan fingerprint density at radius 1 is 1.13 bits per heavy atom. The standard InChI is InChI=1S/C12H11N3/c1-8-2-3-11-10(6-8)9-4-5-14-7-12(9)15(11)13/h2-7H,13H2,1H3. The average molecular weight is 197 g/mol. The minimum absolute atomic E-state index is 0.970. The van der Waals surface area contributed by atoms with E-state index >= 15 is 0 Å². The molecule has 74 valence electrons. The fraction of sp³-hybridized carbons (Fsp3) is 0.0833. The number of nitrogen functional groups attached to an aromatic ring is 1. The second kappa shape index (κ2) is 2.73. The van der Waals surface area contributed by atoms with Gasteiger partial charge in [-0.3, -0.25) is 9.66 Å². The van der Waals surface area contributed by atoms with Crippen molar-refractivity contribution in [2.24, 2.45) is 0 Å². The molecule has 0 saturated carbocycles.